The van der Waals surface area contributed by atoms with Crippen LogP contribution in [0.3, 0.4) is 0 Å². The highest BCUT2D eigenvalue weighted by molar-refractivity contribution is 7.99. The number of thioether (sulfide) groups is 1. The van der Waals surface area contributed by atoms with E-state index in [0.29, 0.717) is 23.0 Å². The van der Waals surface area contributed by atoms with E-state index in [1.54, 1.807) is 44.8 Å². The Balaban J connectivity index is 1.69. The molecule has 0 aliphatic heterocycles. The number of aromatic nitrogens is 3. The number of carbonyl (C=O) groups excluding carboxylic acids is 1. The van der Waals surface area contributed by atoms with Gasteiger partial charge in [0, 0.05) is 13.0 Å². The topological polar surface area (TPSA) is 75.5 Å². The highest BCUT2D eigenvalue weighted by atomic mass is 32.2. The van der Waals surface area contributed by atoms with Crippen LogP contribution in [0, 0.1) is 0 Å². The number of Topliss-reactive ketones (excluding diaryl/α,β-unsaturated/α-hetero) is 1. The Kier molecular flexibility index (Phi) is 7.16. The Bertz CT molecular complexity index is 945. The quantitative estimate of drug-likeness (QED) is 0.448. The number of ether oxygens (including phenoxy) is 3. The van der Waals surface area contributed by atoms with Crippen LogP contribution in [0.5, 0.6) is 17.2 Å². The summed E-state index contributed by atoms with van der Waals surface area (Å²) in [5.41, 5.74) is 0.807. The van der Waals surface area contributed by atoms with Crippen molar-refractivity contribution in [1.82, 2.24) is 14.8 Å². The third-order valence-corrected chi connectivity index (χ3v) is 6.16. The van der Waals surface area contributed by atoms with Crippen molar-refractivity contribution in [3.8, 4) is 28.0 Å². The van der Waals surface area contributed by atoms with Crippen LogP contribution in [0.2, 0.25) is 0 Å². The highest BCUT2D eigenvalue weighted by Gasteiger charge is 2.17. The van der Waals surface area contributed by atoms with Gasteiger partial charge in [0.1, 0.15) is 5.78 Å². The largest absolute Gasteiger partial charge is 0.493 e. The molecule has 0 saturated heterocycles. The second-order valence-electron chi connectivity index (χ2n) is 6.07. The molecule has 3 rings (SSSR count). The van der Waals surface area contributed by atoms with E-state index in [0.717, 1.165) is 28.0 Å². The van der Waals surface area contributed by atoms with Gasteiger partial charge in [-0.1, -0.05) is 17.8 Å². The summed E-state index contributed by atoms with van der Waals surface area (Å²) in [7, 11) is 4.67. The Morgan fingerprint density at radius 1 is 1.14 bits per heavy atom. The first-order valence-electron chi connectivity index (χ1n) is 9.01. The lowest BCUT2D eigenvalue weighted by molar-refractivity contribution is -0.116. The number of rotatable bonds is 10. The molecule has 0 aliphatic carbocycles. The third-order valence-electron chi connectivity index (χ3n) is 4.26. The van der Waals surface area contributed by atoms with Gasteiger partial charge in [-0.25, -0.2) is 0 Å². The molecule has 7 nitrogen and oxygen atoms in total. The van der Waals surface area contributed by atoms with E-state index in [9.17, 15) is 4.79 Å². The lowest BCUT2D eigenvalue weighted by atomic mass is 10.1. The molecule has 0 N–H and O–H groups in total. The summed E-state index contributed by atoms with van der Waals surface area (Å²) < 4.78 is 18.1. The van der Waals surface area contributed by atoms with Crippen LogP contribution in [0.1, 0.15) is 12.5 Å². The molecule has 9 heteroatoms. The van der Waals surface area contributed by atoms with Crippen molar-refractivity contribution < 1.29 is 19.0 Å². The zero-order valence-corrected chi connectivity index (χ0v) is 18.4. The maximum absolute atomic E-state index is 12.6. The van der Waals surface area contributed by atoms with Gasteiger partial charge in [-0.05, 0) is 36.1 Å². The average Bonchev–Trinajstić information content (AvgIpc) is 3.40. The molecule has 0 fully saturated rings. The van der Waals surface area contributed by atoms with Gasteiger partial charge in [0.2, 0.25) is 5.75 Å². The minimum atomic E-state index is 0.0765. The highest BCUT2D eigenvalue weighted by Crippen LogP contribution is 2.38. The molecular weight excluding hydrogens is 410 g/mol. The van der Waals surface area contributed by atoms with Gasteiger partial charge in [0.25, 0.3) is 0 Å². The summed E-state index contributed by atoms with van der Waals surface area (Å²) >= 11 is 3.02. The maximum Gasteiger partial charge on any atom is 0.203 e. The van der Waals surface area contributed by atoms with Crippen molar-refractivity contribution in [1.29, 1.82) is 0 Å². The standard InChI is InChI=1S/C20H23N3O4S2/c1-5-23-19(17-7-6-8-28-17)21-22-20(23)29-12-14(24)9-13-10-15(25-2)18(27-4)16(11-13)26-3/h6-8,10-11H,5,9,12H2,1-4H3. The molecule has 2 heterocycles. The van der Waals surface area contributed by atoms with Crippen LogP contribution in [0.15, 0.2) is 34.8 Å². The Morgan fingerprint density at radius 3 is 2.41 bits per heavy atom. The fraction of sp³-hybridized carbons (Fsp3) is 0.350. The van der Waals surface area contributed by atoms with Gasteiger partial charge < -0.3 is 18.8 Å². The van der Waals surface area contributed by atoms with E-state index in [-0.39, 0.29) is 12.2 Å². The minimum Gasteiger partial charge on any atom is -0.493 e. The van der Waals surface area contributed by atoms with Crippen LogP contribution >= 0.6 is 23.1 Å². The summed E-state index contributed by atoms with van der Waals surface area (Å²) in [6.45, 7) is 2.78. The van der Waals surface area contributed by atoms with Crippen molar-refractivity contribution in [3.05, 3.63) is 35.2 Å². The van der Waals surface area contributed by atoms with Crippen molar-refractivity contribution in [2.45, 2.75) is 25.0 Å². The molecule has 0 atom stereocenters. The number of hydrogen-bond donors (Lipinski definition) is 0. The molecule has 3 aromatic rings. The molecule has 154 valence electrons. The Labute approximate surface area is 178 Å². The van der Waals surface area contributed by atoms with Crippen LogP contribution < -0.4 is 14.2 Å². The molecule has 0 aliphatic rings. The molecule has 2 aromatic heterocycles. The SMILES string of the molecule is CCn1c(SCC(=O)Cc2cc(OC)c(OC)c(OC)c2)nnc1-c1cccs1. The summed E-state index contributed by atoms with van der Waals surface area (Å²) in [4.78, 5) is 13.7. The van der Waals surface area contributed by atoms with Crippen LogP contribution in [0.4, 0.5) is 0 Å². The molecule has 1 aromatic carbocycles. The van der Waals surface area contributed by atoms with E-state index < -0.39 is 0 Å². The third kappa shape index (κ3) is 4.73. The second-order valence-corrected chi connectivity index (χ2v) is 7.96. The van der Waals surface area contributed by atoms with Crippen molar-refractivity contribution in [2.24, 2.45) is 0 Å². The van der Waals surface area contributed by atoms with E-state index in [2.05, 4.69) is 10.2 Å². The van der Waals surface area contributed by atoms with Crippen molar-refractivity contribution in [3.63, 3.8) is 0 Å². The molecule has 0 amide bonds. The molecular formula is C20H23N3O4S2. The smallest absolute Gasteiger partial charge is 0.203 e. The van der Waals surface area contributed by atoms with Gasteiger partial charge >= 0.3 is 0 Å². The normalized spacial score (nSPS) is 10.8. The van der Waals surface area contributed by atoms with E-state index in [1.165, 1.54) is 11.8 Å². The minimum absolute atomic E-state index is 0.0765. The van der Waals surface area contributed by atoms with Gasteiger partial charge in [-0.3, -0.25) is 4.79 Å². The zero-order chi connectivity index (χ0) is 20.8. The number of carbonyl (C=O) groups is 1. The first kappa shape index (κ1) is 21.2. The van der Waals surface area contributed by atoms with Crippen molar-refractivity contribution in [2.75, 3.05) is 27.1 Å². The van der Waals surface area contributed by atoms with Crippen LogP contribution in [-0.4, -0.2) is 47.6 Å². The fourth-order valence-electron chi connectivity index (χ4n) is 2.93. The summed E-state index contributed by atoms with van der Waals surface area (Å²) in [6, 6.07) is 7.61. The number of benzene rings is 1. The van der Waals surface area contributed by atoms with E-state index >= 15 is 0 Å². The summed E-state index contributed by atoms with van der Waals surface area (Å²) in [5.74, 6) is 2.80. The predicted molar refractivity (Wildman–Crippen MR) is 115 cm³/mol. The van der Waals surface area contributed by atoms with E-state index in [1.807, 2.05) is 29.0 Å². The van der Waals surface area contributed by atoms with Crippen LogP contribution in [0.25, 0.3) is 10.7 Å². The second kappa shape index (κ2) is 9.80. The molecule has 0 saturated carbocycles. The summed E-state index contributed by atoms with van der Waals surface area (Å²) in [5, 5.41) is 11.3. The van der Waals surface area contributed by atoms with Gasteiger partial charge in [0.15, 0.2) is 22.5 Å². The van der Waals surface area contributed by atoms with Gasteiger partial charge in [-0.2, -0.15) is 0 Å². The molecule has 0 spiro atoms. The number of methoxy groups -OCH3 is 3. The lowest BCUT2D eigenvalue weighted by Crippen LogP contribution is -2.08. The van der Waals surface area contributed by atoms with E-state index in [4.69, 9.17) is 14.2 Å². The molecule has 0 bridgehead atoms. The number of thiophene rings is 1. The average molecular weight is 434 g/mol. The number of nitrogens with zero attached hydrogens (tertiary/aromatic N) is 3. The molecule has 0 unspecified atom stereocenters. The first-order valence-corrected chi connectivity index (χ1v) is 10.9. The molecule has 29 heavy (non-hydrogen) atoms. The maximum atomic E-state index is 12.6. The Morgan fingerprint density at radius 2 is 1.86 bits per heavy atom. The zero-order valence-electron chi connectivity index (χ0n) is 16.8. The Hall–Kier alpha value is -2.52. The van der Waals surface area contributed by atoms with Gasteiger partial charge in [0.05, 0.1) is 32.0 Å². The first-order chi connectivity index (χ1) is 14.1. The molecule has 0 radical (unpaired) electrons. The number of ketones is 1. The summed E-state index contributed by atoms with van der Waals surface area (Å²) in [6.07, 6.45) is 0.266. The van der Waals surface area contributed by atoms with Crippen LogP contribution in [-0.2, 0) is 17.8 Å². The predicted octanol–water partition coefficient (Wildman–Crippen LogP) is 3.96. The van der Waals surface area contributed by atoms with Crippen molar-refractivity contribution >= 4 is 28.9 Å². The number of hydrogen-bond acceptors (Lipinski definition) is 8. The lowest BCUT2D eigenvalue weighted by Gasteiger charge is -2.14. The fourth-order valence-corrected chi connectivity index (χ4v) is 4.51. The van der Waals surface area contributed by atoms with Gasteiger partial charge in [-0.15, -0.1) is 21.5 Å². The monoisotopic (exact) mass is 433 g/mol.